The van der Waals surface area contributed by atoms with E-state index in [1.807, 2.05) is 30.4 Å². The van der Waals surface area contributed by atoms with E-state index in [4.69, 9.17) is 0 Å². The maximum absolute atomic E-state index is 3.72. The fraction of sp³-hybridized carbons (Fsp3) is 0. The summed E-state index contributed by atoms with van der Waals surface area (Å²) >= 11 is 3.43. The summed E-state index contributed by atoms with van der Waals surface area (Å²) in [7, 11) is 0. The Balaban J connectivity index is 3.35. The molecule has 0 unspecified atom stereocenters. The van der Waals surface area contributed by atoms with Gasteiger partial charge in [-0.05, 0) is 17.2 Å². The van der Waals surface area contributed by atoms with Gasteiger partial charge in [0.25, 0.3) is 0 Å². The Hall–Kier alpha value is -0.820. The predicted octanol–water partition coefficient (Wildman–Crippen LogP) is 3.74. The molecule has 0 bridgehead atoms. The smallest absolute Gasteiger partial charge is 0.0253 e. The summed E-state index contributed by atoms with van der Waals surface area (Å²) in [5.74, 6) is 0. The normalized spacial score (nSPS) is 9.18. The minimum Gasteiger partial charge on any atom is -0.0984 e. The van der Waals surface area contributed by atoms with Crippen LogP contribution in [0.4, 0.5) is 0 Å². The highest BCUT2D eigenvalue weighted by atomic mass is 79.9. The van der Waals surface area contributed by atoms with Crippen molar-refractivity contribution >= 4 is 28.1 Å². The number of hydrogen-bond donors (Lipinski definition) is 0. The van der Waals surface area contributed by atoms with Gasteiger partial charge in [0.2, 0.25) is 0 Å². The lowest BCUT2D eigenvalue weighted by atomic mass is 10.1. The molecule has 0 aliphatic rings. The van der Waals surface area contributed by atoms with Crippen molar-refractivity contribution < 1.29 is 0 Å². The molecule has 0 nitrogen and oxygen atoms in total. The van der Waals surface area contributed by atoms with Crippen molar-refractivity contribution in [3.05, 3.63) is 47.0 Å². The second-order valence-corrected chi connectivity index (χ2v) is 3.01. The van der Waals surface area contributed by atoms with Crippen LogP contribution < -0.4 is 0 Å². The third-order valence-electron chi connectivity index (χ3n) is 1.51. The minimum absolute atomic E-state index is 1.06. The first kappa shape index (κ1) is 8.28. The lowest BCUT2D eigenvalue weighted by Gasteiger charge is -2.01. The van der Waals surface area contributed by atoms with Gasteiger partial charge in [0.1, 0.15) is 0 Å². The Morgan fingerprint density at radius 2 is 1.91 bits per heavy atom. The molecule has 0 atom stereocenters. The Labute approximate surface area is 75.4 Å². The van der Waals surface area contributed by atoms with Crippen molar-refractivity contribution in [3.63, 3.8) is 0 Å². The zero-order valence-corrected chi connectivity index (χ0v) is 7.76. The van der Waals surface area contributed by atoms with Gasteiger partial charge in [-0.3, -0.25) is 0 Å². The molecular weight excluding hydrogens is 200 g/mol. The fourth-order valence-corrected chi connectivity index (χ4v) is 1.49. The van der Waals surface area contributed by atoms with Crippen molar-refractivity contribution in [2.45, 2.75) is 0 Å². The van der Waals surface area contributed by atoms with Gasteiger partial charge >= 0.3 is 0 Å². The quantitative estimate of drug-likeness (QED) is 0.695. The number of rotatable bonds is 2. The van der Waals surface area contributed by atoms with Crippen LogP contribution in [0.3, 0.4) is 0 Å². The lowest BCUT2D eigenvalue weighted by molar-refractivity contribution is 1.57. The zero-order valence-electron chi connectivity index (χ0n) is 6.18. The second kappa shape index (κ2) is 3.54. The molecular formula is C10H9Br. The summed E-state index contributed by atoms with van der Waals surface area (Å²) in [5.41, 5.74) is 2.21. The summed E-state index contributed by atoms with van der Waals surface area (Å²) in [6.45, 7) is 7.43. The molecule has 11 heavy (non-hydrogen) atoms. The van der Waals surface area contributed by atoms with E-state index in [1.165, 1.54) is 0 Å². The first-order valence-corrected chi connectivity index (χ1v) is 4.12. The maximum atomic E-state index is 3.72. The van der Waals surface area contributed by atoms with Gasteiger partial charge in [0, 0.05) is 4.47 Å². The Kier molecular flexibility index (Phi) is 2.66. The molecule has 56 valence electrons. The van der Waals surface area contributed by atoms with Crippen LogP contribution >= 0.6 is 15.9 Å². The molecule has 0 spiro atoms. The highest BCUT2D eigenvalue weighted by Crippen LogP contribution is 2.22. The van der Waals surface area contributed by atoms with Gasteiger partial charge in [0.05, 0.1) is 0 Å². The molecule has 0 amide bonds. The first-order valence-electron chi connectivity index (χ1n) is 3.33. The van der Waals surface area contributed by atoms with Crippen LogP contribution in [0.2, 0.25) is 0 Å². The monoisotopic (exact) mass is 208 g/mol. The van der Waals surface area contributed by atoms with Gasteiger partial charge < -0.3 is 0 Å². The zero-order chi connectivity index (χ0) is 8.27. The maximum Gasteiger partial charge on any atom is 0.0253 e. The van der Waals surface area contributed by atoms with Gasteiger partial charge in [0.15, 0.2) is 0 Å². The highest BCUT2D eigenvalue weighted by molar-refractivity contribution is 9.10. The molecule has 0 heterocycles. The number of hydrogen-bond acceptors (Lipinski definition) is 0. The molecule has 0 N–H and O–H groups in total. The van der Waals surface area contributed by atoms with Crippen molar-refractivity contribution in [2.75, 3.05) is 0 Å². The Bertz CT molecular complexity index is 287. The van der Waals surface area contributed by atoms with E-state index in [0.29, 0.717) is 0 Å². The van der Waals surface area contributed by atoms with E-state index >= 15 is 0 Å². The van der Waals surface area contributed by atoms with E-state index in [1.54, 1.807) is 0 Å². The van der Waals surface area contributed by atoms with Gasteiger partial charge in [-0.25, -0.2) is 0 Å². The van der Waals surface area contributed by atoms with Crippen LogP contribution in [-0.4, -0.2) is 0 Å². The van der Waals surface area contributed by atoms with E-state index in [-0.39, 0.29) is 0 Å². The standard InChI is InChI=1S/C10H9Br/c1-3-8-6-5-7-10(11)9(8)4-2/h3-7H,1-2H2. The van der Waals surface area contributed by atoms with E-state index in [0.717, 1.165) is 15.6 Å². The van der Waals surface area contributed by atoms with Crippen molar-refractivity contribution in [1.82, 2.24) is 0 Å². The average Bonchev–Trinajstić information content (AvgIpc) is 2.04. The lowest BCUT2D eigenvalue weighted by Crippen LogP contribution is -1.80. The fourth-order valence-electron chi connectivity index (χ4n) is 0.947. The molecule has 0 aliphatic carbocycles. The molecule has 0 saturated heterocycles. The van der Waals surface area contributed by atoms with Gasteiger partial charge in [-0.2, -0.15) is 0 Å². The second-order valence-electron chi connectivity index (χ2n) is 2.15. The summed E-state index contributed by atoms with van der Waals surface area (Å²) in [5, 5.41) is 0. The van der Waals surface area contributed by atoms with Crippen molar-refractivity contribution in [1.29, 1.82) is 0 Å². The third-order valence-corrected chi connectivity index (χ3v) is 2.20. The number of benzene rings is 1. The summed E-state index contributed by atoms with van der Waals surface area (Å²) in [6.07, 6.45) is 3.64. The molecule has 0 aromatic heterocycles. The average molecular weight is 209 g/mol. The SMILES string of the molecule is C=Cc1cccc(Br)c1C=C. The van der Waals surface area contributed by atoms with E-state index in [9.17, 15) is 0 Å². The predicted molar refractivity (Wildman–Crippen MR) is 54.3 cm³/mol. The molecule has 1 rings (SSSR count). The minimum atomic E-state index is 1.06. The molecule has 1 aromatic rings. The molecule has 1 heteroatoms. The van der Waals surface area contributed by atoms with E-state index in [2.05, 4.69) is 29.1 Å². The summed E-state index contributed by atoms with van der Waals surface area (Å²) < 4.78 is 1.06. The van der Waals surface area contributed by atoms with Crippen molar-refractivity contribution in [2.24, 2.45) is 0 Å². The topological polar surface area (TPSA) is 0 Å². The van der Waals surface area contributed by atoms with Crippen LogP contribution in [-0.2, 0) is 0 Å². The summed E-state index contributed by atoms with van der Waals surface area (Å²) in [4.78, 5) is 0. The molecule has 1 aromatic carbocycles. The van der Waals surface area contributed by atoms with Gasteiger partial charge in [-0.1, -0.05) is 53.4 Å². The largest absolute Gasteiger partial charge is 0.0984 e. The summed E-state index contributed by atoms with van der Waals surface area (Å²) in [6, 6.07) is 5.98. The third kappa shape index (κ3) is 1.60. The Morgan fingerprint density at radius 3 is 2.36 bits per heavy atom. The molecule has 0 fully saturated rings. The highest BCUT2D eigenvalue weighted by Gasteiger charge is 1.97. The molecule has 0 saturated carbocycles. The van der Waals surface area contributed by atoms with Crippen LogP contribution in [0, 0.1) is 0 Å². The Morgan fingerprint density at radius 1 is 1.18 bits per heavy atom. The first-order chi connectivity index (χ1) is 5.29. The van der Waals surface area contributed by atoms with Gasteiger partial charge in [-0.15, -0.1) is 0 Å². The van der Waals surface area contributed by atoms with Crippen LogP contribution in [0.5, 0.6) is 0 Å². The van der Waals surface area contributed by atoms with E-state index < -0.39 is 0 Å². The molecule has 0 radical (unpaired) electrons. The number of halogens is 1. The van der Waals surface area contributed by atoms with Crippen LogP contribution in [0.15, 0.2) is 35.8 Å². The molecule has 0 aliphatic heterocycles. The van der Waals surface area contributed by atoms with Crippen LogP contribution in [0.25, 0.3) is 12.2 Å². The van der Waals surface area contributed by atoms with Crippen molar-refractivity contribution in [3.8, 4) is 0 Å². The van der Waals surface area contributed by atoms with Crippen LogP contribution in [0.1, 0.15) is 11.1 Å².